The molecule has 0 radical (unpaired) electrons. The molecule has 0 unspecified atom stereocenters. The summed E-state index contributed by atoms with van der Waals surface area (Å²) in [5, 5.41) is 15.9. The minimum absolute atomic E-state index is 0.132. The number of halogens is 1. The zero-order valence-electron chi connectivity index (χ0n) is 9.26. The van der Waals surface area contributed by atoms with Gasteiger partial charge in [-0.2, -0.15) is 4.98 Å². The molecule has 0 aliphatic heterocycles. The second kappa shape index (κ2) is 5.50. The largest absolute Gasteiger partial charge is 0.478 e. The first-order valence-electron chi connectivity index (χ1n) is 5.19. The summed E-state index contributed by atoms with van der Waals surface area (Å²) in [4.78, 5) is 14.9. The van der Waals surface area contributed by atoms with Crippen molar-refractivity contribution in [1.82, 2.24) is 10.1 Å². The summed E-state index contributed by atoms with van der Waals surface area (Å²) < 4.78 is 4.83. The average Bonchev–Trinajstić information content (AvgIpc) is 2.84. The molecule has 0 amide bonds. The number of anilines is 1. The number of aromatic carboxylic acids is 1. The van der Waals surface area contributed by atoms with Gasteiger partial charge in [0, 0.05) is 23.7 Å². The summed E-state index contributed by atoms with van der Waals surface area (Å²) in [6.07, 6.45) is 1.84. The van der Waals surface area contributed by atoms with Crippen LogP contribution in [0, 0.1) is 0 Å². The third-order valence-electron chi connectivity index (χ3n) is 2.27. The van der Waals surface area contributed by atoms with Gasteiger partial charge in [0.2, 0.25) is 5.89 Å². The van der Waals surface area contributed by atoms with Crippen molar-refractivity contribution in [2.24, 2.45) is 0 Å². The number of hydrogen-bond acceptors (Lipinski definition) is 5. The van der Waals surface area contributed by atoms with E-state index in [4.69, 9.17) is 21.2 Å². The monoisotopic (exact) mass is 267 g/mol. The number of aromatic nitrogens is 2. The molecule has 7 heteroatoms. The van der Waals surface area contributed by atoms with E-state index in [0.29, 0.717) is 29.6 Å². The Kier molecular flexibility index (Phi) is 3.78. The number of rotatable bonds is 5. The van der Waals surface area contributed by atoms with E-state index in [1.807, 2.05) is 0 Å². The van der Waals surface area contributed by atoms with E-state index in [-0.39, 0.29) is 5.56 Å². The Morgan fingerprint density at radius 2 is 2.33 bits per heavy atom. The number of carbonyl (C=O) groups is 1. The van der Waals surface area contributed by atoms with Crippen molar-refractivity contribution in [1.29, 1.82) is 0 Å². The lowest BCUT2D eigenvalue weighted by atomic mass is 10.2. The Labute approximate surface area is 108 Å². The molecule has 0 bridgehead atoms. The van der Waals surface area contributed by atoms with Gasteiger partial charge in [-0.25, -0.2) is 4.79 Å². The van der Waals surface area contributed by atoms with Crippen LogP contribution in [0.25, 0.3) is 0 Å². The van der Waals surface area contributed by atoms with Crippen LogP contribution in [0.1, 0.15) is 16.2 Å². The third kappa shape index (κ3) is 2.98. The molecule has 2 aromatic rings. The van der Waals surface area contributed by atoms with Crippen molar-refractivity contribution in [2.75, 3.05) is 11.9 Å². The van der Waals surface area contributed by atoms with E-state index in [0.717, 1.165) is 0 Å². The van der Waals surface area contributed by atoms with E-state index in [9.17, 15) is 4.79 Å². The lowest BCUT2D eigenvalue weighted by molar-refractivity contribution is 0.0698. The van der Waals surface area contributed by atoms with Gasteiger partial charge in [-0.3, -0.25) is 0 Å². The van der Waals surface area contributed by atoms with Crippen molar-refractivity contribution >= 4 is 23.3 Å². The number of nitrogens with one attached hydrogen (secondary N) is 1. The molecule has 18 heavy (non-hydrogen) atoms. The van der Waals surface area contributed by atoms with Crippen molar-refractivity contribution < 1.29 is 14.4 Å². The zero-order chi connectivity index (χ0) is 13.0. The van der Waals surface area contributed by atoms with Crippen LogP contribution < -0.4 is 5.32 Å². The first-order chi connectivity index (χ1) is 8.66. The van der Waals surface area contributed by atoms with Crippen LogP contribution >= 0.6 is 11.6 Å². The molecule has 0 aliphatic rings. The SMILES string of the molecule is O=C(O)c1cc(Cl)ccc1NCCc1ncno1. The lowest BCUT2D eigenvalue weighted by Gasteiger charge is -2.08. The van der Waals surface area contributed by atoms with Gasteiger partial charge in [0.15, 0.2) is 6.33 Å². The molecule has 0 aliphatic carbocycles. The maximum atomic E-state index is 11.0. The fraction of sp³-hybridized carbons (Fsp3) is 0.182. The minimum atomic E-state index is -1.03. The van der Waals surface area contributed by atoms with Crippen molar-refractivity contribution in [2.45, 2.75) is 6.42 Å². The van der Waals surface area contributed by atoms with Crippen LogP contribution in [0.15, 0.2) is 29.0 Å². The number of carboxylic acid groups (broad SMARTS) is 1. The fourth-order valence-electron chi connectivity index (χ4n) is 1.46. The highest BCUT2D eigenvalue weighted by atomic mass is 35.5. The second-order valence-corrected chi connectivity index (χ2v) is 3.94. The standard InChI is InChI=1S/C11H10ClN3O3/c12-7-1-2-9(8(5-7)11(16)17)13-4-3-10-14-6-15-18-10/h1-2,5-6,13H,3-4H2,(H,16,17). The zero-order valence-corrected chi connectivity index (χ0v) is 10.0. The normalized spacial score (nSPS) is 10.3. The van der Waals surface area contributed by atoms with Gasteiger partial charge >= 0.3 is 5.97 Å². The van der Waals surface area contributed by atoms with E-state index in [1.54, 1.807) is 12.1 Å². The Bertz CT molecular complexity index is 542. The predicted octanol–water partition coefficient (Wildman–Crippen LogP) is 2.08. The molecule has 0 atom stereocenters. The maximum Gasteiger partial charge on any atom is 0.337 e. The van der Waals surface area contributed by atoms with Gasteiger partial charge in [-0.1, -0.05) is 16.8 Å². The van der Waals surface area contributed by atoms with E-state index < -0.39 is 5.97 Å². The average molecular weight is 268 g/mol. The highest BCUT2D eigenvalue weighted by Crippen LogP contribution is 2.20. The Balaban J connectivity index is 2.02. The predicted molar refractivity (Wildman–Crippen MR) is 64.9 cm³/mol. The van der Waals surface area contributed by atoms with Crippen LogP contribution in [0.4, 0.5) is 5.69 Å². The molecular formula is C11H10ClN3O3. The Morgan fingerprint density at radius 1 is 1.50 bits per heavy atom. The summed E-state index contributed by atoms with van der Waals surface area (Å²) in [5.74, 6) is -0.536. The van der Waals surface area contributed by atoms with Crippen molar-refractivity contribution in [3.05, 3.63) is 41.0 Å². The third-order valence-corrected chi connectivity index (χ3v) is 2.51. The quantitative estimate of drug-likeness (QED) is 0.862. The first-order valence-corrected chi connectivity index (χ1v) is 5.57. The molecule has 0 saturated carbocycles. The molecule has 94 valence electrons. The molecular weight excluding hydrogens is 258 g/mol. The topological polar surface area (TPSA) is 88.2 Å². The smallest absolute Gasteiger partial charge is 0.337 e. The second-order valence-electron chi connectivity index (χ2n) is 3.51. The fourth-order valence-corrected chi connectivity index (χ4v) is 1.63. The number of carboxylic acids is 1. The van der Waals surface area contributed by atoms with Gasteiger partial charge in [-0.05, 0) is 18.2 Å². The Morgan fingerprint density at radius 3 is 3.00 bits per heavy atom. The van der Waals surface area contributed by atoms with Crippen LogP contribution in [0.3, 0.4) is 0 Å². The number of nitrogens with zero attached hydrogens (tertiary/aromatic N) is 2. The van der Waals surface area contributed by atoms with Crippen LogP contribution in [-0.4, -0.2) is 27.8 Å². The summed E-state index contributed by atoms with van der Waals surface area (Å²) >= 11 is 5.75. The van der Waals surface area contributed by atoms with E-state index >= 15 is 0 Å². The lowest BCUT2D eigenvalue weighted by Crippen LogP contribution is -2.09. The minimum Gasteiger partial charge on any atom is -0.478 e. The summed E-state index contributed by atoms with van der Waals surface area (Å²) in [5.41, 5.74) is 0.638. The van der Waals surface area contributed by atoms with Gasteiger partial charge in [0.25, 0.3) is 0 Å². The van der Waals surface area contributed by atoms with Gasteiger partial charge in [0.05, 0.1) is 5.56 Å². The first kappa shape index (κ1) is 12.4. The maximum absolute atomic E-state index is 11.0. The summed E-state index contributed by atoms with van der Waals surface area (Å²) in [7, 11) is 0. The van der Waals surface area contributed by atoms with E-state index in [2.05, 4.69) is 15.5 Å². The molecule has 0 fully saturated rings. The van der Waals surface area contributed by atoms with E-state index in [1.165, 1.54) is 12.4 Å². The van der Waals surface area contributed by atoms with Gasteiger partial charge < -0.3 is 14.9 Å². The van der Waals surface area contributed by atoms with Gasteiger partial charge in [0.1, 0.15) is 0 Å². The number of benzene rings is 1. The van der Waals surface area contributed by atoms with Gasteiger partial charge in [-0.15, -0.1) is 0 Å². The Hall–Kier alpha value is -2.08. The van der Waals surface area contributed by atoms with Crippen LogP contribution in [0.2, 0.25) is 5.02 Å². The van der Waals surface area contributed by atoms with Crippen molar-refractivity contribution in [3.63, 3.8) is 0 Å². The molecule has 6 nitrogen and oxygen atoms in total. The van der Waals surface area contributed by atoms with Crippen LogP contribution in [0.5, 0.6) is 0 Å². The molecule has 0 saturated heterocycles. The number of hydrogen-bond donors (Lipinski definition) is 2. The van der Waals surface area contributed by atoms with Crippen molar-refractivity contribution in [3.8, 4) is 0 Å². The highest BCUT2D eigenvalue weighted by Gasteiger charge is 2.10. The molecule has 1 heterocycles. The molecule has 2 rings (SSSR count). The molecule has 0 spiro atoms. The highest BCUT2D eigenvalue weighted by molar-refractivity contribution is 6.31. The molecule has 1 aromatic heterocycles. The van der Waals surface area contributed by atoms with Crippen LogP contribution in [-0.2, 0) is 6.42 Å². The molecule has 1 aromatic carbocycles. The summed E-state index contributed by atoms with van der Waals surface area (Å²) in [6.45, 7) is 0.490. The summed E-state index contributed by atoms with van der Waals surface area (Å²) in [6, 6.07) is 4.65. The molecule has 2 N–H and O–H groups in total.